The molecule has 0 radical (unpaired) electrons. The second kappa shape index (κ2) is 9.86. The number of halogens is 3. The summed E-state index contributed by atoms with van der Waals surface area (Å²) in [7, 11) is -2.01. The highest BCUT2D eigenvalue weighted by molar-refractivity contribution is 14.1. The smallest absolute Gasteiger partial charge is 0.407 e. The number of carbonyl (C=O) groups is 1. The average Bonchev–Trinajstić information content (AvgIpc) is 2.87. The SMILES string of the molecule is CC(C)(C)OC(=O)N[C@@H](CO[Si](C)(C)C(C)(C)C)Cc1oc2c(I)cc(Cl)nc2c1Br. The molecule has 0 bridgehead atoms. The van der Waals surface area contributed by atoms with Crippen LogP contribution in [-0.4, -0.2) is 37.6 Å². The number of amides is 1. The number of aromatic nitrogens is 1. The summed E-state index contributed by atoms with van der Waals surface area (Å²) in [6.45, 7) is 16.8. The van der Waals surface area contributed by atoms with Crippen molar-refractivity contribution in [3.63, 3.8) is 0 Å². The zero-order valence-electron chi connectivity index (χ0n) is 19.3. The Hall–Kier alpha value is -0.363. The summed E-state index contributed by atoms with van der Waals surface area (Å²) in [5.74, 6) is 0.669. The molecule has 0 fully saturated rings. The maximum Gasteiger partial charge on any atom is 0.407 e. The Labute approximate surface area is 212 Å². The third kappa shape index (κ3) is 7.31. The van der Waals surface area contributed by atoms with E-state index in [0.29, 0.717) is 35.0 Å². The van der Waals surface area contributed by atoms with Crippen LogP contribution in [0.3, 0.4) is 0 Å². The number of hydrogen-bond donors (Lipinski definition) is 1. The Morgan fingerprint density at radius 1 is 1.32 bits per heavy atom. The fourth-order valence-electron chi connectivity index (χ4n) is 2.53. The van der Waals surface area contributed by atoms with Crippen molar-refractivity contribution in [2.75, 3.05) is 6.61 Å². The number of fused-ring (bicyclic) bond motifs is 1. The molecule has 2 rings (SSSR count). The highest BCUT2D eigenvalue weighted by Gasteiger charge is 2.38. The molecule has 0 aromatic carbocycles. The van der Waals surface area contributed by atoms with Crippen LogP contribution < -0.4 is 5.32 Å². The number of carbonyl (C=O) groups excluding carboxylic acids is 1. The molecule has 0 aliphatic rings. The van der Waals surface area contributed by atoms with Crippen molar-refractivity contribution in [3.05, 3.63) is 25.0 Å². The monoisotopic (exact) mass is 644 g/mol. The molecule has 174 valence electrons. The first-order chi connectivity index (χ1) is 14.0. The van der Waals surface area contributed by atoms with E-state index in [1.165, 1.54) is 0 Å². The van der Waals surface area contributed by atoms with Gasteiger partial charge in [0, 0.05) is 6.42 Å². The maximum atomic E-state index is 12.5. The highest BCUT2D eigenvalue weighted by atomic mass is 127. The van der Waals surface area contributed by atoms with Crippen LogP contribution in [0.15, 0.2) is 15.0 Å². The van der Waals surface area contributed by atoms with Gasteiger partial charge in [0.05, 0.1) is 20.7 Å². The van der Waals surface area contributed by atoms with Crippen LogP contribution >= 0.6 is 50.1 Å². The summed E-state index contributed by atoms with van der Waals surface area (Å²) in [5.41, 5.74) is 0.729. The number of pyridine rings is 1. The standard InChI is InChI=1S/C21H31BrClIN2O4Si/c1-20(2,3)30-19(27)25-12(11-28-31(7,8)21(4,5)6)9-14-16(22)17-18(29-14)13(24)10-15(23)26-17/h10,12H,9,11H2,1-8H3,(H,25,27)/t12-/m1/s1. The minimum atomic E-state index is -2.01. The fraction of sp³-hybridized carbons (Fsp3) is 0.619. The van der Waals surface area contributed by atoms with E-state index in [0.717, 1.165) is 8.04 Å². The summed E-state index contributed by atoms with van der Waals surface area (Å²) in [6, 6.07) is 1.41. The number of hydrogen-bond acceptors (Lipinski definition) is 5. The Balaban J connectivity index is 2.30. The van der Waals surface area contributed by atoms with E-state index in [1.54, 1.807) is 6.07 Å². The van der Waals surface area contributed by atoms with Crippen molar-refractivity contribution in [1.29, 1.82) is 0 Å². The molecule has 2 aromatic rings. The second-order valence-corrected chi connectivity index (χ2v) is 17.2. The third-order valence-corrected chi connectivity index (χ3v) is 11.5. The van der Waals surface area contributed by atoms with E-state index in [2.05, 4.69) is 82.7 Å². The van der Waals surface area contributed by atoms with Crippen molar-refractivity contribution < 1.29 is 18.4 Å². The molecule has 1 N–H and O–H groups in total. The first kappa shape index (κ1) is 26.9. The van der Waals surface area contributed by atoms with Gasteiger partial charge in [-0.3, -0.25) is 0 Å². The molecule has 0 aliphatic carbocycles. The molecule has 0 saturated heterocycles. The highest BCUT2D eigenvalue weighted by Crippen LogP contribution is 2.37. The van der Waals surface area contributed by atoms with Gasteiger partial charge in [0.2, 0.25) is 0 Å². The predicted octanol–water partition coefficient (Wildman–Crippen LogP) is 7.31. The number of alkyl carbamates (subject to hydrolysis) is 1. The van der Waals surface area contributed by atoms with Crippen molar-refractivity contribution >= 4 is 75.6 Å². The van der Waals surface area contributed by atoms with Gasteiger partial charge in [0.25, 0.3) is 0 Å². The van der Waals surface area contributed by atoms with E-state index in [1.807, 2.05) is 20.8 Å². The number of furan rings is 1. The molecule has 2 aromatic heterocycles. The molecule has 0 spiro atoms. The summed E-state index contributed by atoms with van der Waals surface area (Å²) < 4.78 is 19.5. The quantitative estimate of drug-likeness (QED) is 0.203. The van der Waals surface area contributed by atoms with Crippen LogP contribution in [0.4, 0.5) is 4.79 Å². The van der Waals surface area contributed by atoms with Crippen LogP contribution in [0.25, 0.3) is 11.1 Å². The van der Waals surface area contributed by atoms with Crippen LogP contribution in [0.1, 0.15) is 47.3 Å². The first-order valence-corrected chi connectivity index (χ1v) is 15.2. The van der Waals surface area contributed by atoms with Gasteiger partial charge in [-0.15, -0.1) is 0 Å². The summed E-state index contributed by atoms with van der Waals surface area (Å²) in [6.07, 6.45) is -0.0716. The fourth-order valence-corrected chi connectivity index (χ4v) is 5.13. The predicted molar refractivity (Wildman–Crippen MR) is 139 cm³/mol. The van der Waals surface area contributed by atoms with Gasteiger partial charge in [-0.2, -0.15) is 0 Å². The molecular formula is C21H31BrClIN2O4Si. The minimum Gasteiger partial charge on any atom is -0.457 e. The lowest BCUT2D eigenvalue weighted by Gasteiger charge is -2.37. The molecular weight excluding hydrogens is 615 g/mol. The largest absolute Gasteiger partial charge is 0.457 e. The van der Waals surface area contributed by atoms with Crippen LogP contribution in [0.2, 0.25) is 23.3 Å². The normalized spacial score (nSPS) is 14.0. The zero-order chi connectivity index (χ0) is 23.8. The first-order valence-electron chi connectivity index (χ1n) is 10.1. The maximum absolute atomic E-state index is 12.5. The number of ether oxygens (including phenoxy) is 1. The summed E-state index contributed by atoms with van der Waals surface area (Å²) in [4.78, 5) is 16.9. The molecule has 1 amide bonds. The van der Waals surface area contributed by atoms with Crippen LogP contribution in [0.5, 0.6) is 0 Å². The van der Waals surface area contributed by atoms with Gasteiger partial charge in [-0.25, -0.2) is 9.78 Å². The van der Waals surface area contributed by atoms with Gasteiger partial charge in [-0.1, -0.05) is 32.4 Å². The van der Waals surface area contributed by atoms with E-state index in [9.17, 15) is 4.79 Å². The lowest BCUT2D eigenvalue weighted by atomic mass is 10.2. The molecule has 10 heteroatoms. The number of rotatable bonds is 6. The molecule has 0 unspecified atom stereocenters. The van der Waals surface area contributed by atoms with Gasteiger partial charge >= 0.3 is 6.09 Å². The lowest BCUT2D eigenvalue weighted by molar-refractivity contribution is 0.0483. The Bertz CT molecular complexity index is 953. The van der Waals surface area contributed by atoms with Gasteiger partial charge < -0.3 is 18.9 Å². The van der Waals surface area contributed by atoms with Gasteiger partial charge in [0.15, 0.2) is 13.9 Å². The van der Waals surface area contributed by atoms with Crippen molar-refractivity contribution in [2.24, 2.45) is 0 Å². The molecule has 0 aliphatic heterocycles. The zero-order valence-corrected chi connectivity index (χ0v) is 24.8. The molecule has 0 saturated carbocycles. The second-order valence-electron chi connectivity index (χ2n) is 10.1. The van der Waals surface area contributed by atoms with Gasteiger partial charge in [0.1, 0.15) is 22.0 Å². The topological polar surface area (TPSA) is 73.6 Å². The lowest BCUT2D eigenvalue weighted by Crippen LogP contribution is -2.48. The summed E-state index contributed by atoms with van der Waals surface area (Å²) in [5, 5.41) is 3.40. The molecule has 31 heavy (non-hydrogen) atoms. The van der Waals surface area contributed by atoms with Crippen molar-refractivity contribution in [1.82, 2.24) is 10.3 Å². The molecule has 2 heterocycles. The van der Waals surface area contributed by atoms with E-state index >= 15 is 0 Å². The van der Waals surface area contributed by atoms with Crippen molar-refractivity contribution in [2.45, 2.75) is 77.7 Å². The van der Waals surface area contributed by atoms with Gasteiger partial charge in [-0.05, 0) is 83.5 Å². The molecule has 6 nitrogen and oxygen atoms in total. The third-order valence-electron chi connectivity index (χ3n) is 5.18. The van der Waals surface area contributed by atoms with Crippen molar-refractivity contribution in [3.8, 4) is 0 Å². The summed E-state index contributed by atoms with van der Waals surface area (Å²) >= 11 is 11.9. The van der Waals surface area contributed by atoms with E-state index in [4.69, 9.17) is 25.2 Å². The average molecular weight is 646 g/mol. The van der Waals surface area contributed by atoms with Crippen LogP contribution in [0, 0.1) is 3.57 Å². The van der Waals surface area contributed by atoms with E-state index in [-0.39, 0.29) is 11.1 Å². The number of nitrogens with one attached hydrogen (secondary N) is 1. The Morgan fingerprint density at radius 2 is 1.94 bits per heavy atom. The number of nitrogens with zero attached hydrogens (tertiary/aromatic N) is 1. The van der Waals surface area contributed by atoms with Crippen LogP contribution in [-0.2, 0) is 15.6 Å². The molecule has 1 atom stereocenters. The Kier molecular flexibility index (Phi) is 8.56. The Morgan fingerprint density at radius 3 is 2.48 bits per heavy atom. The van der Waals surface area contributed by atoms with E-state index < -0.39 is 20.0 Å². The minimum absolute atomic E-state index is 0.0557.